The molecule has 12 atom stereocenters. The van der Waals surface area contributed by atoms with Gasteiger partial charge in [0, 0.05) is 50.6 Å². The van der Waals surface area contributed by atoms with Crippen LogP contribution >= 0.6 is 0 Å². The molecule has 0 saturated carbocycles. The molecule has 14 nitrogen and oxygen atoms in total. The lowest BCUT2D eigenvalue weighted by Gasteiger charge is -2.34. The maximum atomic E-state index is 13.1. The molecule has 0 saturated heterocycles. The van der Waals surface area contributed by atoms with Crippen molar-refractivity contribution in [3.8, 4) is 0 Å². The van der Waals surface area contributed by atoms with Gasteiger partial charge in [-0.05, 0) is 96.1 Å². The first-order valence-corrected chi connectivity index (χ1v) is 24.3. The van der Waals surface area contributed by atoms with E-state index in [0.29, 0.717) is 12.8 Å². The van der Waals surface area contributed by atoms with Gasteiger partial charge in [0.1, 0.15) is 23.8 Å². The number of rotatable bonds is 6. The van der Waals surface area contributed by atoms with Crippen LogP contribution in [0.2, 0.25) is 0 Å². The Hall–Kier alpha value is -3.98. The Balaban J connectivity index is 0.000000670. The van der Waals surface area contributed by atoms with Crippen LogP contribution in [0.25, 0.3) is 0 Å². The van der Waals surface area contributed by atoms with E-state index in [-0.39, 0.29) is 60.1 Å². The van der Waals surface area contributed by atoms with Gasteiger partial charge in [-0.2, -0.15) is 0 Å². The van der Waals surface area contributed by atoms with Crippen LogP contribution < -0.4 is 10.6 Å². The third kappa shape index (κ3) is 20.6. The molecule has 2 aliphatic heterocycles. The third-order valence-corrected chi connectivity index (χ3v) is 13.6. The zero-order valence-electron chi connectivity index (χ0n) is 43.4. The first kappa shape index (κ1) is 61.0. The smallest absolute Gasteiger partial charge is 0.309 e. The minimum absolute atomic E-state index is 0.0589. The minimum atomic E-state index is -1.24. The normalized spacial score (nSPS) is 32.7. The summed E-state index contributed by atoms with van der Waals surface area (Å²) in [6.45, 7) is 26.0. The molecule has 0 spiro atoms. The monoisotopic (exact) mass is 945 g/mol. The summed E-state index contributed by atoms with van der Waals surface area (Å²) in [6, 6.07) is -0.444. The van der Waals surface area contributed by atoms with Crippen molar-refractivity contribution in [3.63, 3.8) is 0 Å². The number of aliphatic hydroxyl groups is 4. The number of Topliss-reactive ketones (excluding diaryl/α,β-unsaturated/α-hetero) is 2. The topological polar surface area (TPSA) is 226 Å². The summed E-state index contributed by atoms with van der Waals surface area (Å²) in [6.07, 6.45) is 9.79. The van der Waals surface area contributed by atoms with Crippen LogP contribution in [0.15, 0.2) is 47.1 Å². The number of hydrogen-bond donors (Lipinski definition) is 6. The molecule has 14 heteroatoms. The Morgan fingerprint density at radius 3 is 1.45 bits per heavy atom. The minimum Gasteiger partial charge on any atom is -0.457 e. The highest BCUT2D eigenvalue weighted by Crippen LogP contribution is 2.34. The van der Waals surface area contributed by atoms with Gasteiger partial charge < -0.3 is 40.5 Å². The molecule has 6 N–H and O–H groups in total. The van der Waals surface area contributed by atoms with E-state index in [1.165, 1.54) is 13.8 Å². The highest BCUT2D eigenvalue weighted by Gasteiger charge is 2.44. The summed E-state index contributed by atoms with van der Waals surface area (Å²) in [7, 11) is 0. The first-order valence-electron chi connectivity index (χ1n) is 24.3. The quantitative estimate of drug-likeness (QED) is 0.114. The van der Waals surface area contributed by atoms with Crippen LogP contribution in [0.1, 0.15) is 168 Å². The average Bonchev–Trinajstić information content (AvgIpc) is 3.22. The molecule has 0 unspecified atom stereocenters. The van der Waals surface area contributed by atoms with Gasteiger partial charge in [-0.15, -0.1) is 0 Å². The van der Waals surface area contributed by atoms with Gasteiger partial charge in [0.25, 0.3) is 0 Å². The Morgan fingerprint density at radius 2 is 1.04 bits per heavy atom. The number of esters is 2. The molecule has 2 heterocycles. The fraction of sp³-hybridized carbons (Fsp3) is 0.736. The lowest BCUT2D eigenvalue weighted by molar-refractivity contribution is -0.155. The van der Waals surface area contributed by atoms with Crippen LogP contribution in [-0.2, 0) is 38.2 Å². The van der Waals surface area contributed by atoms with Gasteiger partial charge in [0.15, 0.2) is 0 Å². The standard InChI is InChI=1S/C27H45NO6.C26H43NO6/c1-16-10-9-11-17(2)25(32)20(5)26(33)27(7,8)23(30)15-24(31)34-22(13-12-16)18(3)14-19(4)28-21(6)29;1-16-12-10-8-9-11-13-21(17(2)14-18(3)27-20(5)28)33-23(30)15-22(29)26(6,7)25(32)19(4)24(16)31/h12,14,17,19-20,22-23,25,30,32H,9-11,13,15H2,1-8H3,(H,28,29);9,11,14,16,18-19,21-22,24,29,31H,8,10,12-13,15H2,1-7H3,(H,27,28)/b16-12-,18-14+;11-9-,17-14+/t17-,19-,20+,22-,23-,25-;16-,18-,19+,21-,22-,24-/m00/s1. The van der Waals surface area contributed by atoms with Crippen LogP contribution in [-0.4, -0.2) is 104 Å². The lowest BCUT2D eigenvalue weighted by Crippen LogP contribution is -2.45. The number of ketones is 2. The number of nitrogens with one attached hydrogen (secondary N) is 2. The molecule has 67 heavy (non-hydrogen) atoms. The van der Waals surface area contributed by atoms with Crippen molar-refractivity contribution in [1.82, 2.24) is 10.6 Å². The number of carbonyl (C=O) groups excluding carboxylic acids is 6. The van der Waals surface area contributed by atoms with E-state index >= 15 is 0 Å². The zero-order valence-corrected chi connectivity index (χ0v) is 43.4. The van der Waals surface area contributed by atoms with Crippen molar-refractivity contribution in [2.75, 3.05) is 0 Å². The molecule has 0 aromatic heterocycles. The number of hydrogen-bond acceptors (Lipinski definition) is 12. The van der Waals surface area contributed by atoms with E-state index < -0.39 is 71.2 Å². The number of aliphatic hydroxyl groups excluding tert-OH is 4. The highest BCUT2D eigenvalue weighted by molar-refractivity contribution is 5.88. The van der Waals surface area contributed by atoms with Gasteiger partial charge in [0.05, 0.1) is 48.1 Å². The maximum Gasteiger partial charge on any atom is 0.309 e. The lowest BCUT2D eigenvalue weighted by atomic mass is 9.73. The maximum absolute atomic E-state index is 13.1. The van der Waals surface area contributed by atoms with E-state index in [4.69, 9.17) is 9.47 Å². The zero-order chi connectivity index (χ0) is 51.6. The predicted molar refractivity (Wildman–Crippen MR) is 261 cm³/mol. The van der Waals surface area contributed by atoms with Crippen molar-refractivity contribution in [2.45, 2.75) is 217 Å². The molecule has 0 aliphatic carbocycles. The summed E-state index contributed by atoms with van der Waals surface area (Å²) in [4.78, 5) is 74.4. The Morgan fingerprint density at radius 1 is 0.657 bits per heavy atom. The van der Waals surface area contributed by atoms with Crippen molar-refractivity contribution < 1.29 is 58.7 Å². The molecule has 2 rings (SSSR count). The number of cyclic esters (lactones) is 2. The number of ether oxygens (including phenoxy) is 2. The molecule has 2 aliphatic rings. The van der Waals surface area contributed by atoms with E-state index in [1.807, 2.05) is 72.8 Å². The number of allylic oxidation sites excluding steroid dienone is 2. The summed E-state index contributed by atoms with van der Waals surface area (Å²) < 4.78 is 11.4. The van der Waals surface area contributed by atoms with Gasteiger partial charge >= 0.3 is 11.9 Å². The molecule has 0 radical (unpaired) electrons. The molecule has 0 aromatic rings. The number of carbonyl (C=O) groups is 6. The highest BCUT2D eigenvalue weighted by atomic mass is 16.5. The second kappa shape index (κ2) is 28.5. The van der Waals surface area contributed by atoms with E-state index in [0.717, 1.165) is 55.2 Å². The molecule has 2 amide bonds. The van der Waals surface area contributed by atoms with Crippen molar-refractivity contribution in [1.29, 1.82) is 0 Å². The van der Waals surface area contributed by atoms with Crippen LogP contribution in [0.5, 0.6) is 0 Å². The van der Waals surface area contributed by atoms with Gasteiger partial charge in [0.2, 0.25) is 11.8 Å². The summed E-state index contributed by atoms with van der Waals surface area (Å²) in [5.41, 5.74) is 0.326. The molecule has 0 aromatic carbocycles. The fourth-order valence-electron chi connectivity index (χ4n) is 8.77. The van der Waals surface area contributed by atoms with Crippen LogP contribution in [0, 0.1) is 34.5 Å². The fourth-order valence-corrected chi connectivity index (χ4v) is 8.77. The summed E-state index contributed by atoms with van der Waals surface area (Å²) in [5, 5.41) is 48.5. The summed E-state index contributed by atoms with van der Waals surface area (Å²) in [5.74, 6) is -3.48. The van der Waals surface area contributed by atoms with Crippen molar-refractivity contribution in [3.05, 3.63) is 47.1 Å². The molecular weight excluding hydrogens is 857 g/mol. The Kier molecular flexibility index (Phi) is 26.0. The van der Waals surface area contributed by atoms with Crippen LogP contribution in [0.4, 0.5) is 0 Å². The first-order chi connectivity index (χ1) is 30.9. The SMILES string of the molecule is CC(=O)N[C@@H](C)/C=C(\C)[C@@H]1C/C=C(/C)CCC[C@H](C)[C@H](O)[C@@H](C)C(=O)C(C)(C)[C@@H](O)CC(=O)O1.CC(=O)N[C@@H](C)/C=C(\C)[C@@H]1C/C=C\CCC[C@H](C)[C@H](O)[C@@H](C)C(=O)C(C)(C)[C@@H](O)CC(=O)O1. The van der Waals surface area contributed by atoms with Gasteiger partial charge in [-0.3, -0.25) is 28.8 Å². The third-order valence-electron chi connectivity index (χ3n) is 13.6. The van der Waals surface area contributed by atoms with Crippen LogP contribution in [0.3, 0.4) is 0 Å². The van der Waals surface area contributed by atoms with E-state index in [9.17, 15) is 49.2 Å². The molecule has 0 bridgehead atoms. The predicted octanol–water partition coefficient (Wildman–Crippen LogP) is 7.35. The number of amides is 2. The largest absolute Gasteiger partial charge is 0.457 e. The summed E-state index contributed by atoms with van der Waals surface area (Å²) >= 11 is 0. The van der Waals surface area contributed by atoms with Gasteiger partial charge in [-0.25, -0.2) is 0 Å². The second-order valence-electron chi connectivity index (χ2n) is 20.7. The Labute approximate surface area is 401 Å². The molecular formula is C53H88N2O12. The molecule has 0 fully saturated rings. The van der Waals surface area contributed by atoms with Gasteiger partial charge in [-0.1, -0.05) is 91.3 Å². The average molecular weight is 945 g/mol. The van der Waals surface area contributed by atoms with Crippen molar-refractivity contribution in [2.24, 2.45) is 34.5 Å². The molecule has 382 valence electrons. The second-order valence-corrected chi connectivity index (χ2v) is 20.7. The Bertz CT molecular complexity index is 1780. The van der Waals surface area contributed by atoms with E-state index in [1.54, 1.807) is 41.5 Å². The van der Waals surface area contributed by atoms with Crippen molar-refractivity contribution >= 4 is 35.3 Å². The van der Waals surface area contributed by atoms with E-state index in [2.05, 4.69) is 16.7 Å².